The summed E-state index contributed by atoms with van der Waals surface area (Å²) in [6.07, 6.45) is 1.77. The lowest BCUT2D eigenvalue weighted by atomic mass is 10.2. The molecular formula is C11H7ClF6N4. The van der Waals surface area contributed by atoms with E-state index >= 15 is 0 Å². The van der Waals surface area contributed by atoms with Crippen LogP contribution in [0.5, 0.6) is 0 Å². The Morgan fingerprint density at radius 3 is 2.27 bits per heavy atom. The van der Waals surface area contributed by atoms with Crippen molar-refractivity contribution in [2.75, 3.05) is 18.0 Å². The van der Waals surface area contributed by atoms with E-state index in [2.05, 4.69) is 9.97 Å². The van der Waals surface area contributed by atoms with Gasteiger partial charge >= 0.3 is 18.4 Å². The van der Waals surface area contributed by atoms with Crippen LogP contribution in [0.1, 0.15) is 6.55 Å². The fourth-order valence-corrected chi connectivity index (χ4v) is 2.46. The minimum Gasteiger partial charge on any atom is -0.356 e. The summed E-state index contributed by atoms with van der Waals surface area (Å²) >= 11 is 5.56. The highest BCUT2D eigenvalue weighted by atomic mass is 35.5. The summed E-state index contributed by atoms with van der Waals surface area (Å²) < 4.78 is 79.5. The van der Waals surface area contributed by atoms with Gasteiger partial charge in [0.05, 0.1) is 30.5 Å². The van der Waals surface area contributed by atoms with Crippen LogP contribution in [0.2, 0.25) is 5.28 Å². The first-order chi connectivity index (χ1) is 10.1. The van der Waals surface area contributed by atoms with E-state index in [1.807, 2.05) is 0 Å². The Labute approximate surface area is 124 Å². The number of hydrogen-bond acceptors (Lipinski definition) is 3. The first kappa shape index (κ1) is 15.2. The topological polar surface area (TPSA) is 34.0 Å². The summed E-state index contributed by atoms with van der Waals surface area (Å²) in [6.45, 7) is -5.61. The number of anilines is 1. The van der Waals surface area contributed by atoms with Gasteiger partial charge in [-0.25, -0.2) is 9.97 Å². The molecule has 3 rings (SSSR count). The largest absolute Gasteiger partial charge is 0.356 e. The standard InChI is InChI=1S/C11H7ClF6N4/c12-8-19-1-5-7(20-8)6(2-22(5)9(13)14)21-3-10(15,16)11(17,18)4-21/h1-2,9H,3-4H2. The molecule has 0 spiro atoms. The van der Waals surface area contributed by atoms with E-state index < -0.39 is 31.5 Å². The van der Waals surface area contributed by atoms with Gasteiger partial charge in [-0.3, -0.25) is 4.57 Å². The molecule has 0 aromatic carbocycles. The zero-order valence-corrected chi connectivity index (χ0v) is 11.3. The molecule has 11 heteroatoms. The van der Waals surface area contributed by atoms with E-state index in [4.69, 9.17) is 11.6 Å². The van der Waals surface area contributed by atoms with Gasteiger partial charge in [-0.15, -0.1) is 0 Å². The lowest BCUT2D eigenvalue weighted by Crippen LogP contribution is -2.38. The van der Waals surface area contributed by atoms with Crippen LogP contribution in [-0.4, -0.2) is 39.5 Å². The van der Waals surface area contributed by atoms with E-state index in [0.29, 0.717) is 9.47 Å². The number of rotatable bonds is 2. The number of nitrogens with zero attached hydrogens (tertiary/aromatic N) is 4. The van der Waals surface area contributed by atoms with Crippen molar-refractivity contribution >= 4 is 28.3 Å². The molecule has 1 aliphatic rings. The van der Waals surface area contributed by atoms with Crippen LogP contribution in [0.25, 0.3) is 11.0 Å². The van der Waals surface area contributed by atoms with Crippen LogP contribution in [0.4, 0.5) is 32.0 Å². The molecule has 22 heavy (non-hydrogen) atoms. The third-order valence-corrected chi connectivity index (χ3v) is 3.57. The smallest absolute Gasteiger partial charge is 0.329 e. The summed E-state index contributed by atoms with van der Waals surface area (Å²) in [7, 11) is 0. The molecule has 120 valence electrons. The van der Waals surface area contributed by atoms with Crippen LogP contribution in [0.3, 0.4) is 0 Å². The zero-order valence-electron chi connectivity index (χ0n) is 10.6. The van der Waals surface area contributed by atoms with E-state index in [9.17, 15) is 26.3 Å². The van der Waals surface area contributed by atoms with Crippen molar-refractivity contribution in [3.63, 3.8) is 0 Å². The maximum Gasteiger partial charge on any atom is 0.329 e. The minimum atomic E-state index is -4.26. The van der Waals surface area contributed by atoms with Crippen molar-refractivity contribution in [1.82, 2.24) is 14.5 Å². The van der Waals surface area contributed by atoms with Gasteiger partial charge in [0.1, 0.15) is 5.52 Å². The van der Waals surface area contributed by atoms with Gasteiger partial charge in [0.25, 0.3) is 0 Å². The number of aromatic nitrogens is 3. The van der Waals surface area contributed by atoms with Crippen LogP contribution in [-0.2, 0) is 0 Å². The van der Waals surface area contributed by atoms with Crippen LogP contribution in [0, 0.1) is 0 Å². The van der Waals surface area contributed by atoms with E-state index in [0.717, 1.165) is 12.4 Å². The third-order valence-electron chi connectivity index (χ3n) is 3.39. The van der Waals surface area contributed by atoms with E-state index in [1.54, 1.807) is 0 Å². The Kier molecular flexibility index (Phi) is 3.21. The number of hydrogen-bond donors (Lipinski definition) is 0. The van der Waals surface area contributed by atoms with Crippen molar-refractivity contribution in [2.45, 2.75) is 18.4 Å². The van der Waals surface area contributed by atoms with Crippen molar-refractivity contribution in [1.29, 1.82) is 0 Å². The summed E-state index contributed by atoms with van der Waals surface area (Å²) in [4.78, 5) is 7.84. The van der Waals surface area contributed by atoms with Gasteiger partial charge in [0.15, 0.2) is 0 Å². The molecule has 0 aliphatic carbocycles. The molecule has 1 saturated heterocycles. The second kappa shape index (κ2) is 4.64. The SMILES string of the molecule is FC(F)n1cc(N2CC(F)(F)C(F)(F)C2)c2nc(Cl)ncc21. The highest BCUT2D eigenvalue weighted by Gasteiger charge is 2.63. The number of fused-ring (bicyclic) bond motifs is 1. The number of halogens is 7. The molecule has 0 N–H and O–H groups in total. The van der Waals surface area contributed by atoms with E-state index in [-0.39, 0.29) is 22.0 Å². The molecule has 1 aliphatic heterocycles. The Morgan fingerprint density at radius 1 is 1.14 bits per heavy atom. The maximum atomic E-state index is 13.3. The molecular weight excluding hydrogens is 338 g/mol. The van der Waals surface area contributed by atoms with Crippen molar-refractivity contribution < 1.29 is 26.3 Å². The number of alkyl halides is 6. The fraction of sp³-hybridized carbons (Fsp3) is 0.455. The van der Waals surface area contributed by atoms with Crippen molar-refractivity contribution in [3.8, 4) is 0 Å². The summed E-state index contributed by atoms with van der Waals surface area (Å²) in [5, 5.41) is -0.307. The Bertz CT molecular complexity index is 715. The molecule has 4 nitrogen and oxygen atoms in total. The molecule has 2 aromatic rings. The predicted molar refractivity (Wildman–Crippen MR) is 65.9 cm³/mol. The summed E-state index contributed by atoms with van der Waals surface area (Å²) in [5.74, 6) is -8.52. The molecule has 3 heterocycles. The normalized spacial score (nSPS) is 20.3. The molecule has 0 saturated carbocycles. The Hall–Kier alpha value is -1.71. The summed E-state index contributed by atoms with van der Waals surface area (Å²) in [6, 6.07) is 0. The fourth-order valence-electron chi connectivity index (χ4n) is 2.32. The second-order valence-electron chi connectivity index (χ2n) is 4.84. The molecule has 0 amide bonds. The van der Waals surface area contributed by atoms with E-state index in [1.165, 1.54) is 0 Å². The van der Waals surface area contributed by atoms with Gasteiger partial charge < -0.3 is 4.90 Å². The Morgan fingerprint density at radius 2 is 1.73 bits per heavy atom. The van der Waals surface area contributed by atoms with Crippen molar-refractivity contribution in [2.24, 2.45) is 0 Å². The molecule has 1 fully saturated rings. The van der Waals surface area contributed by atoms with Crippen LogP contribution >= 0.6 is 11.6 Å². The highest BCUT2D eigenvalue weighted by Crippen LogP contribution is 2.44. The second-order valence-corrected chi connectivity index (χ2v) is 5.18. The van der Waals surface area contributed by atoms with Crippen LogP contribution < -0.4 is 4.90 Å². The quantitative estimate of drug-likeness (QED) is 0.617. The first-order valence-corrected chi connectivity index (χ1v) is 6.32. The predicted octanol–water partition coefficient (Wildman–Crippen LogP) is 3.57. The van der Waals surface area contributed by atoms with Gasteiger partial charge in [-0.1, -0.05) is 0 Å². The molecule has 0 bridgehead atoms. The summed E-state index contributed by atoms with van der Waals surface area (Å²) in [5.41, 5.74) is -0.641. The molecule has 0 radical (unpaired) electrons. The van der Waals surface area contributed by atoms with Gasteiger partial charge in [0.2, 0.25) is 5.28 Å². The first-order valence-electron chi connectivity index (χ1n) is 5.94. The zero-order chi connectivity index (χ0) is 16.3. The lowest BCUT2D eigenvalue weighted by Gasteiger charge is -2.15. The molecule has 2 aromatic heterocycles. The third kappa shape index (κ3) is 2.16. The lowest BCUT2D eigenvalue weighted by molar-refractivity contribution is -0.172. The average Bonchev–Trinajstić information content (AvgIpc) is 2.84. The Balaban J connectivity index is 2.14. The van der Waals surface area contributed by atoms with Crippen molar-refractivity contribution in [3.05, 3.63) is 17.7 Å². The molecule has 0 unspecified atom stereocenters. The maximum absolute atomic E-state index is 13.3. The average molecular weight is 345 g/mol. The molecule has 0 atom stereocenters. The van der Waals surface area contributed by atoms with Gasteiger partial charge in [-0.05, 0) is 11.6 Å². The van der Waals surface area contributed by atoms with Crippen LogP contribution in [0.15, 0.2) is 12.4 Å². The minimum absolute atomic E-state index is 0.186. The highest BCUT2D eigenvalue weighted by molar-refractivity contribution is 6.28. The van der Waals surface area contributed by atoms with Gasteiger partial charge in [-0.2, -0.15) is 26.3 Å². The van der Waals surface area contributed by atoms with Gasteiger partial charge in [0, 0.05) is 6.20 Å². The monoisotopic (exact) mass is 344 g/mol.